The Morgan fingerprint density at radius 3 is 2.30 bits per heavy atom. The van der Waals surface area contributed by atoms with Gasteiger partial charge in [0.2, 0.25) is 19.9 Å². The SMILES string of the molecule is CC1CCCN(S(=O)(=O)c2cccc(-c3nn(-c4ccccc4)cc3/C=C(/C#N)S(=O)(=O)c3ccccc3)c2)C1. The van der Waals surface area contributed by atoms with Gasteiger partial charge in [0.1, 0.15) is 16.7 Å². The Morgan fingerprint density at radius 2 is 1.62 bits per heavy atom. The second-order valence-electron chi connectivity index (χ2n) is 9.79. The number of piperidine rings is 1. The van der Waals surface area contributed by atoms with Gasteiger partial charge < -0.3 is 0 Å². The Morgan fingerprint density at radius 1 is 0.950 bits per heavy atom. The highest BCUT2D eigenvalue weighted by molar-refractivity contribution is 7.95. The van der Waals surface area contributed by atoms with Crippen LogP contribution in [0.5, 0.6) is 0 Å². The first-order valence-corrected chi connectivity index (χ1v) is 15.8. The van der Waals surface area contributed by atoms with E-state index in [9.17, 15) is 22.1 Å². The van der Waals surface area contributed by atoms with Gasteiger partial charge in [-0.3, -0.25) is 0 Å². The highest BCUT2D eigenvalue weighted by Crippen LogP contribution is 2.31. The molecule has 0 saturated carbocycles. The zero-order valence-electron chi connectivity index (χ0n) is 21.9. The first kappa shape index (κ1) is 27.5. The van der Waals surface area contributed by atoms with E-state index in [0.717, 1.165) is 18.5 Å². The van der Waals surface area contributed by atoms with Crippen LogP contribution >= 0.6 is 0 Å². The Labute approximate surface area is 234 Å². The van der Waals surface area contributed by atoms with Gasteiger partial charge in [0.15, 0.2) is 0 Å². The maximum absolute atomic E-state index is 13.5. The van der Waals surface area contributed by atoms with Gasteiger partial charge in [0, 0.05) is 30.4 Å². The van der Waals surface area contributed by atoms with Crippen molar-refractivity contribution in [3.8, 4) is 23.0 Å². The summed E-state index contributed by atoms with van der Waals surface area (Å²) in [7, 11) is -7.83. The summed E-state index contributed by atoms with van der Waals surface area (Å²) in [6.07, 6.45) is 4.72. The van der Waals surface area contributed by atoms with Crippen molar-refractivity contribution in [3.05, 3.63) is 102 Å². The van der Waals surface area contributed by atoms with Crippen LogP contribution in [0.15, 0.2) is 106 Å². The molecule has 1 fully saturated rings. The predicted molar refractivity (Wildman–Crippen MR) is 153 cm³/mol. The molecular weight excluding hydrogens is 544 g/mol. The fraction of sp³-hybridized carbons (Fsp3) is 0.200. The zero-order valence-corrected chi connectivity index (χ0v) is 23.5. The van der Waals surface area contributed by atoms with Gasteiger partial charge in [-0.15, -0.1) is 0 Å². The summed E-state index contributed by atoms with van der Waals surface area (Å²) in [5, 5.41) is 14.6. The number of nitrogens with zero attached hydrogens (tertiary/aromatic N) is 4. The van der Waals surface area contributed by atoms with E-state index in [2.05, 4.69) is 0 Å². The second-order valence-corrected chi connectivity index (χ2v) is 13.6. The van der Waals surface area contributed by atoms with Gasteiger partial charge >= 0.3 is 0 Å². The molecule has 0 bridgehead atoms. The molecule has 1 aliphatic rings. The zero-order chi connectivity index (χ0) is 28.3. The normalized spacial score (nSPS) is 16.9. The number of allylic oxidation sites excluding steroid dienone is 1. The lowest BCUT2D eigenvalue weighted by molar-refractivity contribution is 0.281. The second kappa shape index (κ2) is 11.2. The van der Waals surface area contributed by atoms with Crippen LogP contribution in [0.1, 0.15) is 25.3 Å². The van der Waals surface area contributed by atoms with Crippen molar-refractivity contribution < 1.29 is 16.8 Å². The van der Waals surface area contributed by atoms with E-state index in [-0.39, 0.29) is 15.7 Å². The third kappa shape index (κ3) is 5.49. The lowest BCUT2D eigenvalue weighted by Gasteiger charge is -2.30. The fourth-order valence-electron chi connectivity index (χ4n) is 4.79. The molecule has 1 aliphatic heterocycles. The fourth-order valence-corrected chi connectivity index (χ4v) is 7.60. The molecule has 4 aromatic rings. The van der Waals surface area contributed by atoms with Crippen LogP contribution in [0.2, 0.25) is 0 Å². The van der Waals surface area contributed by atoms with Gasteiger partial charge in [0.05, 0.1) is 15.5 Å². The van der Waals surface area contributed by atoms with Crippen molar-refractivity contribution in [1.82, 2.24) is 14.1 Å². The average molecular weight is 573 g/mol. The highest BCUT2D eigenvalue weighted by Gasteiger charge is 2.29. The summed E-state index contributed by atoms with van der Waals surface area (Å²) in [5.41, 5.74) is 1.92. The Hall–Kier alpha value is -4.04. The molecule has 1 unspecified atom stereocenters. The number of hydrogen-bond donors (Lipinski definition) is 0. The summed E-state index contributed by atoms with van der Waals surface area (Å²) in [6.45, 7) is 2.98. The minimum absolute atomic E-state index is 0.00338. The maximum atomic E-state index is 13.5. The molecule has 8 nitrogen and oxygen atoms in total. The van der Waals surface area contributed by atoms with E-state index in [1.807, 2.05) is 43.3 Å². The topological polar surface area (TPSA) is 113 Å². The van der Waals surface area contributed by atoms with E-state index in [4.69, 9.17) is 5.10 Å². The summed E-state index contributed by atoms with van der Waals surface area (Å²) in [4.78, 5) is -0.303. The van der Waals surface area contributed by atoms with E-state index in [0.29, 0.717) is 29.9 Å². The van der Waals surface area contributed by atoms with Crippen LogP contribution in [-0.4, -0.2) is 44.0 Å². The monoisotopic (exact) mass is 572 g/mol. The molecule has 1 saturated heterocycles. The van der Waals surface area contributed by atoms with Gasteiger partial charge in [-0.25, -0.2) is 21.5 Å². The van der Waals surface area contributed by atoms with Crippen LogP contribution in [0.25, 0.3) is 23.0 Å². The van der Waals surface area contributed by atoms with Crippen molar-refractivity contribution in [3.63, 3.8) is 0 Å². The molecule has 0 radical (unpaired) electrons. The molecule has 1 aromatic heterocycles. The number of sulfone groups is 1. The third-order valence-electron chi connectivity index (χ3n) is 6.87. The third-order valence-corrected chi connectivity index (χ3v) is 10.4. The van der Waals surface area contributed by atoms with Crippen LogP contribution in [0.3, 0.4) is 0 Å². The molecule has 0 amide bonds. The van der Waals surface area contributed by atoms with Crippen LogP contribution in [0, 0.1) is 17.2 Å². The molecule has 5 rings (SSSR count). The van der Waals surface area contributed by atoms with Crippen molar-refractivity contribution in [2.24, 2.45) is 5.92 Å². The summed E-state index contributed by atoms with van der Waals surface area (Å²) < 4.78 is 56.7. The molecule has 204 valence electrons. The quantitative estimate of drug-likeness (QED) is 0.278. The minimum atomic E-state index is -4.09. The summed E-state index contributed by atoms with van der Waals surface area (Å²) in [5.74, 6) is 0.279. The predicted octanol–water partition coefficient (Wildman–Crippen LogP) is 5.30. The van der Waals surface area contributed by atoms with Gasteiger partial charge in [-0.1, -0.05) is 55.5 Å². The van der Waals surface area contributed by atoms with Gasteiger partial charge in [-0.05, 0) is 61.2 Å². The van der Waals surface area contributed by atoms with E-state index >= 15 is 0 Å². The smallest absolute Gasteiger partial charge is 0.240 e. The lowest BCUT2D eigenvalue weighted by atomic mass is 10.0. The Kier molecular flexibility index (Phi) is 7.72. The largest absolute Gasteiger partial charge is 0.243 e. The van der Waals surface area contributed by atoms with Gasteiger partial charge in [-0.2, -0.15) is 14.7 Å². The molecule has 1 atom stereocenters. The molecular formula is C30H28N4O4S2. The molecule has 0 aliphatic carbocycles. The van der Waals surface area contributed by atoms with E-state index < -0.39 is 24.8 Å². The summed E-state index contributed by atoms with van der Waals surface area (Å²) in [6, 6.07) is 25.3. The van der Waals surface area contributed by atoms with Crippen molar-refractivity contribution in [1.29, 1.82) is 5.26 Å². The van der Waals surface area contributed by atoms with Crippen molar-refractivity contribution >= 4 is 25.9 Å². The molecule has 40 heavy (non-hydrogen) atoms. The molecule has 0 N–H and O–H groups in total. The number of rotatable bonds is 7. The minimum Gasteiger partial charge on any atom is -0.240 e. The number of sulfonamides is 1. The summed E-state index contributed by atoms with van der Waals surface area (Å²) >= 11 is 0. The first-order valence-electron chi connectivity index (χ1n) is 12.9. The molecule has 0 spiro atoms. The Bertz CT molecular complexity index is 1810. The molecule has 3 aromatic carbocycles. The number of benzene rings is 3. The lowest BCUT2D eigenvalue weighted by Crippen LogP contribution is -2.39. The highest BCUT2D eigenvalue weighted by atomic mass is 32.2. The number of aromatic nitrogens is 2. The van der Waals surface area contributed by atoms with Gasteiger partial charge in [0.25, 0.3) is 0 Å². The Balaban J connectivity index is 1.64. The number of hydrogen-bond acceptors (Lipinski definition) is 6. The van der Waals surface area contributed by atoms with E-state index in [1.54, 1.807) is 53.3 Å². The molecule has 2 heterocycles. The van der Waals surface area contributed by atoms with Crippen LogP contribution in [-0.2, 0) is 19.9 Å². The number of nitriles is 1. The van der Waals surface area contributed by atoms with Crippen LogP contribution < -0.4 is 0 Å². The first-order chi connectivity index (χ1) is 19.2. The maximum Gasteiger partial charge on any atom is 0.243 e. The average Bonchev–Trinajstić information content (AvgIpc) is 3.41. The van der Waals surface area contributed by atoms with Crippen molar-refractivity contribution in [2.45, 2.75) is 29.6 Å². The van der Waals surface area contributed by atoms with Crippen LogP contribution in [0.4, 0.5) is 0 Å². The molecule has 10 heteroatoms. The number of para-hydroxylation sites is 1. The van der Waals surface area contributed by atoms with E-state index in [1.165, 1.54) is 22.5 Å². The van der Waals surface area contributed by atoms with Crippen molar-refractivity contribution in [2.75, 3.05) is 13.1 Å². The standard InChI is InChI=1S/C30H28N4O4S2/c1-23-10-9-17-33(21-23)40(37,38)28-16-8-11-24(18-28)30-25(22-34(32-30)26-12-4-2-5-13-26)19-29(20-31)39(35,36)27-14-6-3-7-15-27/h2-8,11-16,18-19,22-23H,9-10,17,21H2,1H3/b29-19-.